The maximum Gasteiger partial charge on any atom is 0.338 e. The third kappa shape index (κ3) is 4.26. The lowest BCUT2D eigenvalue weighted by Gasteiger charge is -2.29. The van der Waals surface area contributed by atoms with Crippen LogP contribution in [0.3, 0.4) is 0 Å². The van der Waals surface area contributed by atoms with Gasteiger partial charge in [-0.15, -0.1) is 0 Å². The van der Waals surface area contributed by atoms with E-state index in [1.807, 2.05) is 6.92 Å². The fourth-order valence-corrected chi connectivity index (χ4v) is 2.75. The van der Waals surface area contributed by atoms with Gasteiger partial charge in [0.05, 0.1) is 32.4 Å². The first-order valence-electron chi connectivity index (χ1n) is 8.27. The molecule has 1 aliphatic heterocycles. The van der Waals surface area contributed by atoms with Gasteiger partial charge in [0.2, 0.25) is 0 Å². The van der Waals surface area contributed by atoms with Gasteiger partial charge < -0.3 is 29.6 Å². The number of esters is 1. The maximum absolute atomic E-state index is 12.6. The lowest BCUT2D eigenvalue weighted by Crippen LogP contribution is -2.45. The molecule has 0 radical (unpaired) electrons. The Morgan fingerprint density at radius 1 is 1.19 bits per heavy atom. The summed E-state index contributed by atoms with van der Waals surface area (Å²) in [5, 5.41) is 5.35. The minimum absolute atomic E-state index is 0.124. The summed E-state index contributed by atoms with van der Waals surface area (Å²) in [6, 6.07) is 4.12. The van der Waals surface area contributed by atoms with Crippen molar-refractivity contribution in [1.29, 1.82) is 0 Å². The van der Waals surface area contributed by atoms with Crippen molar-refractivity contribution in [1.82, 2.24) is 10.6 Å². The van der Waals surface area contributed by atoms with E-state index in [4.69, 9.17) is 18.9 Å². The van der Waals surface area contributed by atoms with Crippen molar-refractivity contribution in [3.63, 3.8) is 0 Å². The van der Waals surface area contributed by atoms with Gasteiger partial charge in [-0.25, -0.2) is 9.59 Å². The zero-order chi connectivity index (χ0) is 19.1. The molecule has 0 spiro atoms. The van der Waals surface area contributed by atoms with Crippen molar-refractivity contribution in [3.8, 4) is 11.5 Å². The van der Waals surface area contributed by atoms with Gasteiger partial charge in [0.1, 0.15) is 6.61 Å². The minimum Gasteiger partial charge on any atom is -0.493 e. The van der Waals surface area contributed by atoms with Crippen molar-refractivity contribution >= 4 is 12.0 Å². The molecule has 1 unspecified atom stereocenters. The van der Waals surface area contributed by atoms with Gasteiger partial charge in [-0.1, -0.05) is 12.1 Å². The van der Waals surface area contributed by atoms with Gasteiger partial charge in [0, 0.05) is 17.9 Å². The molecular formula is C18H24N2O6. The van der Waals surface area contributed by atoms with Crippen LogP contribution in [0.5, 0.6) is 11.5 Å². The molecule has 0 aromatic heterocycles. The molecule has 8 heteroatoms. The Hall–Kier alpha value is -2.74. The molecule has 1 aromatic carbocycles. The predicted molar refractivity (Wildman–Crippen MR) is 94.1 cm³/mol. The highest BCUT2D eigenvalue weighted by Crippen LogP contribution is 2.38. The number of hydrogen-bond acceptors (Lipinski definition) is 6. The summed E-state index contributed by atoms with van der Waals surface area (Å²) in [6.07, 6.45) is 0. The number of nitrogens with one attached hydrogen (secondary N) is 2. The zero-order valence-electron chi connectivity index (χ0n) is 15.4. The van der Waals surface area contributed by atoms with Crippen molar-refractivity contribution in [2.75, 3.05) is 34.0 Å². The lowest BCUT2D eigenvalue weighted by atomic mass is 9.94. The van der Waals surface area contributed by atoms with Gasteiger partial charge in [-0.2, -0.15) is 0 Å². The monoisotopic (exact) mass is 364 g/mol. The summed E-state index contributed by atoms with van der Waals surface area (Å²) >= 11 is 0. The number of ether oxygens (including phenoxy) is 4. The number of urea groups is 1. The predicted octanol–water partition coefficient (Wildman–Crippen LogP) is 1.91. The number of hydrogen-bond donors (Lipinski definition) is 2. The zero-order valence-corrected chi connectivity index (χ0v) is 15.4. The molecule has 1 aromatic rings. The highest BCUT2D eigenvalue weighted by molar-refractivity contribution is 5.95. The number of carbonyl (C=O) groups is 2. The van der Waals surface area contributed by atoms with Crippen LogP contribution >= 0.6 is 0 Å². The van der Waals surface area contributed by atoms with E-state index < -0.39 is 18.0 Å². The molecule has 0 fully saturated rings. The Morgan fingerprint density at radius 3 is 2.62 bits per heavy atom. The van der Waals surface area contributed by atoms with Crippen LogP contribution in [0.25, 0.3) is 0 Å². The van der Waals surface area contributed by atoms with Crippen LogP contribution in [0.2, 0.25) is 0 Å². The van der Waals surface area contributed by atoms with Gasteiger partial charge in [-0.05, 0) is 19.9 Å². The quantitative estimate of drug-likeness (QED) is 0.540. The SMILES string of the molecule is CCOCCOC(=O)C1=C(C)NC(=O)NC1c1cccc(OC)c1OC. The van der Waals surface area contributed by atoms with Crippen molar-refractivity contribution in [2.45, 2.75) is 19.9 Å². The summed E-state index contributed by atoms with van der Waals surface area (Å²) < 4.78 is 21.2. The molecule has 1 heterocycles. The topological polar surface area (TPSA) is 95.1 Å². The first-order chi connectivity index (χ1) is 12.5. The van der Waals surface area contributed by atoms with E-state index in [2.05, 4.69) is 10.6 Å². The lowest BCUT2D eigenvalue weighted by molar-refractivity contribution is -0.141. The van der Waals surface area contributed by atoms with E-state index in [9.17, 15) is 9.59 Å². The van der Waals surface area contributed by atoms with Crippen LogP contribution in [-0.4, -0.2) is 46.0 Å². The number of allylic oxidation sites excluding steroid dienone is 1. The fraction of sp³-hybridized carbons (Fsp3) is 0.444. The highest BCUT2D eigenvalue weighted by atomic mass is 16.6. The molecule has 26 heavy (non-hydrogen) atoms. The molecule has 1 atom stereocenters. The molecule has 2 amide bonds. The summed E-state index contributed by atoms with van der Waals surface area (Å²) in [4.78, 5) is 24.6. The van der Waals surface area contributed by atoms with Gasteiger partial charge in [0.15, 0.2) is 11.5 Å². The third-order valence-corrected chi connectivity index (χ3v) is 3.90. The van der Waals surface area contributed by atoms with Crippen molar-refractivity contribution in [3.05, 3.63) is 35.0 Å². The average molecular weight is 364 g/mol. The van der Waals surface area contributed by atoms with E-state index in [1.165, 1.54) is 14.2 Å². The Morgan fingerprint density at radius 2 is 1.96 bits per heavy atom. The van der Waals surface area contributed by atoms with Crippen LogP contribution in [0.4, 0.5) is 4.79 Å². The molecule has 0 bridgehead atoms. The number of rotatable bonds is 8. The van der Waals surface area contributed by atoms with Crippen molar-refractivity contribution in [2.24, 2.45) is 0 Å². The Labute approximate surface area is 152 Å². The Balaban J connectivity index is 2.37. The smallest absolute Gasteiger partial charge is 0.338 e. The second-order valence-electron chi connectivity index (χ2n) is 5.49. The molecule has 2 N–H and O–H groups in total. The van der Waals surface area contributed by atoms with E-state index in [0.29, 0.717) is 41.5 Å². The molecule has 2 rings (SSSR count). The first-order valence-corrected chi connectivity index (χ1v) is 8.27. The van der Waals surface area contributed by atoms with Crippen molar-refractivity contribution < 1.29 is 28.5 Å². The molecule has 1 aliphatic rings. The maximum atomic E-state index is 12.6. The third-order valence-electron chi connectivity index (χ3n) is 3.90. The molecule has 0 saturated carbocycles. The van der Waals surface area contributed by atoms with E-state index in [0.717, 1.165) is 0 Å². The second kappa shape index (κ2) is 9.10. The van der Waals surface area contributed by atoms with Gasteiger partial charge in [0.25, 0.3) is 0 Å². The van der Waals surface area contributed by atoms with Crippen LogP contribution in [0.1, 0.15) is 25.5 Å². The minimum atomic E-state index is -0.728. The van der Waals surface area contributed by atoms with Crippen LogP contribution < -0.4 is 20.1 Å². The van der Waals surface area contributed by atoms with Crippen LogP contribution in [0.15, 0.2) is 29.5 Å². The average Bonchev–Trinajstić information content (AvgIpc) is 2.63. The van der Waals surface area contributed by atoms with Crippen LogP contribution in [-0.2, 0) is 14.3 Å². The largest absolute Gasteiger partial charge is 0.493 e. The summed E-state index contributed by atoms with van der Waals surface area (Å²) in [5.41, 5.74) is 1.32. The summed E-state index contributed by atoms with van der Waals surface area (Å²) in [7, 11) is 3.02. The summed E-state index contributed by atoms with van der Waals surface area (Å²) in [5.74, 6) is 0.402. The number of amides is 2. The molecular weight excluding hydrogens is 340 g/mol. The molecule has 0 saturated heterocycles. The van der Waals surface area contributed by atoms with Gasteiger partial charge in [-0.3, -0.25) is 0 Å². The number of benzene rings is 1. The molecule has 142 valence electrons. The number of para-hydroxylation sites is 1. The van der Waals surface area contributed by atoms with Gasteiger partial charge >= 0.3 is 12.0 Å². The Kier molecular flexibility index (Phi) is 6.85. The number of carbonyl (C=O) groups excluding carboxylic acids is 2. The van der Waals surface area contributed by atoms with E-state index in [1.54, 1.807) is 25.1 Å². The molecule has 0 aliphatic carbocycles. The normalized spacial score (nSPS) is 16.6. The highest BCUT2D eigenvalue weighted by Gasteiger charge is 2.34. The Bertz CT molecular complexity index is 701. The first kappa shape index (κ1) is 19.6. The second-order valence-corrected chi connectivity index (χ2v) is 5.49. The summed E-state index contributed by atoms with van der Waals surface area (Å²) in [6.45, 7) is 4.49. The van der Waals surface area contributed by atoms with E-state index in [-0.39, 0.29) is 6.61 Å². The molecule has 8 nitrogen and oxygen atoms in total. The fourth-order valence-electron chi connectivity index (χ4n) is 2.75. The number of methoxy groups -OCH3 is 2. The standard InChI is InChI=1S/C18H24N2O6/c1-5-25-9-10-26-17(21)14-11(2)19-18(22)20-15(14)12-7-6-8-13(23-3)16(12)24-4/h6-8,15H,5,9-10H2,1-4H3,(H2,19,20,22). The van der Waals surface area contributed by atoms with E-state index >= 15 is 0 Å². The van der Waals surface area contributed by atoms with Crippen LogP contribution in [0, 0.1) is 0 Å².